The maximum Gasteiger partial charge on any atom is 0.260 e. The summed E-state index contributed by atoms with van der Waals surface area (Å²) in [5, 5.41) is 8.42. The number of ketones is 1. The Hall–Kier alpha value is -9.92. The molecule has 0 saturated carbocycles. The van der Waals surface area contributed by atoms with Crippen molar-refractivity contribution < 1.29 is 105 Å². The van der Waals surface area contributed by atoms with Gasteiger partial charge in [-0.1, -0.05) is 39.0 Å². The van der Waals surface area contributed by atoms with Gasteiger partial charge in [0.15, 0.2) is 40.3 Å². The summed E-state index contributed by atoms with van der Waals surface area (Å²) in [5.74, 6) is -0.494. The molecule has 3 N–H and O–H groups in total. The van der Waals surface area contributed by atoms with Crippen LogP contribution < -0.4 is 44.4 Å². The number of benzene rings is 4. The van der Waals surface area contributed by atoms with Crippen molar-refractivity contribution in [2.75, 3.05) is 158 Å². The molecule has 107 heavy (non-hydrogen) atoms. The van der Waals surface area contributed by atoms with Gasteiger partial charge in [0, 0.05) is 112 Å². The number of aliphatic imine (C=N–C) groups is 2. The molecule has 4 aromatic carbocycles. The zero-order valence-corrected chi connectivity index (χ0v) is 61.0. The van der Waals surface area contributed by atoms with Gasteiger partial charge in [-0.15, -0.1) is 0 Å². The number of imide groups is 1. The summed E-state index contributed by atoms with van der Waals surface area (Å²) >= 11 is 0. The monoisotopic (exact) mass is 1480 g/mol. The molecule has 30 heteroatoms. The molecule has 0 aromatic heterocycles. The fourth-order valence-electron chi connectivity index (χ4n) is 12.1. The van der Waals surface area contributed by atoms with Gasteiger partial charge in [-0.25, -0.2) is 0 Å². The number of carbonyl (C=O) groups is 8. The van der Waals surface area contributed by atoms with E-state index in [1.165, 1.54) is 26.4 Å². The predicted octanol–water partition coefficient (Wildman–Crippen LogP) is 6.85. The quantitative estimate of drug-likeness (QED) is 0.0300. The van der Waals surface area contributed by atoms with E-state index in [0.29, 0.717) is 181 Å². The van der Waals surface area contributed by atoms with Gasteiger partial charge in [0.1, 0.15) is 0 Å². The lowest BCUT2D eigenvalue weighted by molar-refractivity contribution is -0.137. The van der Waals surface area contributed by atoms with Crippen molar-refractivity contribution in [3.05, 3.63) is 114 Å². The lowest BCUT2D eigenvalue weighted by atomic mass is 9.92. The smallest absolute Gasteiger partial charge is 0.260 e. The van der Waals surface area contributed by atoms with Crippen LogP contribution in [-0.2, 0) is 66.7 Å². The third kappa shape index (κ3) is 22.8. The summed E-state index contributed by atoms with van der Waals surface area (Å²) in [7, 11) is 3.02. The molecule has 0 unspecified atom stereocenters. The lowest BCUT2D eigenvalue weighted by Crippen LogP contribution is -2.45. The van der Waals surface area contributed by atoms with Crippen LogP contribution in [0.2, 0.25) is 0 Å². The molecule has 0 spiro atoms. The third-order valence-electron chi connectivity index (χ3n) is 17.9. The van der Waals surface area contributed by atoms with Crippen molar-refractivity contribution in [2.45, 2.75) is 77.4 Å². The molecule has 4 aromatic rings. The SMILES string of the molecule is COc1cc2c(cc1OCCCOc1cc3c(cc1OC)C(=O)N1C=C(c4ccc5c(c4)OCO5)C[C@H]1C=N3)N=C[C@@H]1CC(c3ccc(NC(=O)[C@H](C)CC(=O)[C@H](NC(=O)CCOCCOCCOCCOCCOCCOCCOCCOCCNC(=O)CCN4C(=O)C=CC4=O)C(C)C)cc3)=CN1C2=O. The Bertz CT molecular complexity index is 3910. The minimum atomic E-state index is -0.793. The molecule has 0 saturated heterocycles. The van der Waals surface area contributed by atoms with Crippen LogP contribution in [0.25, 0.3) is 11.1 Å². The Morgan fingerprint density at radius 3 is 1.51 bits per heavy atom. The normalized spacial score (nSPS) is 16.6. The van der Waals surface area contributed by atoms with Crippen molar-refractivity contribution in [2.24, 2.45) is 21.8 Å². The molecule has 6 aliphatic rings. The van der Waals surface area contributed by atoms with E-state index in [-0.39, 0.29) is 112 Å². The van der Waals surface area contributed by atoms with Crippen LogP contribution in [0.5, 0.6) is 34.5 Å². The zero-order chi connectivity index (χ0) is 75.4. The topological polar surface area (TPSA) is 336 Å². The van der Waals surface area contributed by atoms with Crippen LogP contribution >= 0.6 is 0 Å². The second-order valence-electron chi connectivity index (χ2n) is 25.8. The maximum atomic E-state index is 14.2. The number of rotatable bonds is 47. The van der Waals surface area contributed by atoms with Gasteiger partial charge in [-0.3, -0.25) is 53.2 Å². The second kappa shape index (κ2) is 40.7. The standard InChI is InChI=1S/C77H94N8O22/c1-50(2)74(82-71(88)16-21-96-23-25-98-27-29-100-31-33-102-35-36-103-34-32-101-30-28-99-26-24-97-22-17-78-70(87)15-18-83-72(89)13-14-73(83)90)63(86)37-51(3)75(91)81-56-10-7-52(8-11-56)54-38-57-45-79-61-43-68(65(94-4)41-59(61)76(92)84(57)47-54)104-19-6-20-105-69-44-62-60(42-66(69)95-5)77(93)85-48-55(39-58(85)46-80-62)53-9-12-64-67(40-53)107-49-106-64/h7-14,40-48,50-51,57-58,74H,6,15-39,49H2,1-5H3,(H,78,87)(H,81,91)(H,82,88)/t51-,57+,58+,74-/m1/s1. The van der Waals surface area contributed by atoms with E-state index < -0.39 is 23.8 Å². The number of hydrogen-bond acceptors (Lipinski definition) is 24. The summed E-state index contributed by atoms with van der Waals surface area (Å²) < 4.78 is 78.9. The fourth-order valence-corrected chi connectivity index (χ4v) is 12.1. The van der Waals surface area contributed by atoms with Crippen molar-refractivity contribution in [1.82, 2.24) is 25.3 Å². The summed E-state index contributed by atoms with van der Waals surface area (Å²) in [4.78, 5) is 117. The van der Waals surface area contributed by atoms with E-state index in [1.807, 2.05) is 56.6 Å². The summed E-state index contributed by atoms with van der Waals surface area (Å²) in [6, 6.07) is 18.3. The molecule has 0 aliphatic carbocycles. The number of carbonyl (C=O) groups excluding carboxylic acids is 8. The van der Waals surface area contributed by atoms with E-state index in [0.717, 1.165) is 27.2 Å². The van der Waals surface area contributed by atoms with Crippen LogP contribution in [0, 0.1) is 11.8 Å². The Labute approximate surface area is 620 Å². The first-order valence-corrected chi connectivity index (χ1v) is 36.0. The number of hydrogen-bond donors (Lipinski definition) is 3. The van der Waals surface area contributed by atoms with Gasteiger partial charge in [0.2, 0.25) is 24.5 Å². The Morgan fingerprint density at radius 1 is 0.533 bits per heavy atom. The van der Waals surface area contributed by atoms with E-state index in [9.17, 15) is 38.4 Å². The number of nitrogens with zero attached hydrogens (tertiary/aromatic N) is 5. The molecule has 10 rings (SSSR count). The molecule has 4 atom stereocenters. The molecule has 0 radical (unpaired) electrons. The van der Waals surface area contributed by atoms with Crippen molar-refractivity contribution in [3.63, 3.8) is 0 Å². The number of methoxy groups -OCH3 is 2. The number of ether oxygens (including phenoxy) is 14. The van der Waals surface area contributed by atoms with Gasteiger partial charge in [-0.05, 0) is 64.6 Å². The highest BCUT2D eigenvalue weighted by Crippen LogP contribution is 2.43. The lowest BCUT2D eigenvalue weighted by Gasteiger charge is -2.23. The number of amides is 7. The highest BCUT2D eigenvalue weighted by Gasteiger charge is 2.37. The summed E-state index contributed by atoms with van der Waals surface area (Å²) in [5.41, 5.74) is 5.85. The van der Waals surface area contributed by atoms with Gasteiger partial charge in [0.05, 0.1) is 174 Å². The maximum absolute atomic E-state index is 14.2. The van der Waals surface area contributed by atoms with Gasteiger partial charge < -0.3 is 92.1 Å². The van der Waals surface area contributed by atoms with Crippen molar-refractivity contribution >= 4 is 87.8 Å². The number of Topliss-reactive ketones (excluding diaryl/α,β-unsaturated/α-hetero) is 1. The molecular formula is C77H94N8O22. The minimum absolute atomic E-state index is 0.0282. The summed E-state index contributed by atoms with van der Waals surface area (Å²) in [6.07, 6.45) is 11.1. The Kier molecular flexibility index (Phi) is 30.3. The first-order chi connectivity index (χ1) is 52.0. The molecule has 7 amide bonds. The van der Waals surface area contributed by atoms with E-state index in [2.05, 4.69) is 16.0 Å². The third-order valence-corrected chi connectivity index (χ3v) is 17.9. The molecular weight excluding hydrogens is 1390 g/mol. The molecule has 574 valence electrons. The highest BCUT2D eigenvalue weighted by molar-refractivity contribution is 6.13. The number of nitrogens with one attached hydrogen (secondary N) is 3. The molecule has 6 aliphatic heterocycles. The zero-order valence-electron chi connectivity index (χ0n) is 61.0. The molecule has 0 bridgehead atoms. The Morgan fingerprint density at radius 2 is 1.01 bits per heavy atom. The van der Waals surface area contributed by atoms with Crippen LogP contribution in [0.1, 0.15) is 91.1 Å². The Balaban J connectivity index is 0.539. The van der Waals surface area contributed by atoms with E-state index in [4.69, 9.17) is 76.3 Å². The van der Waals surface area contributed by atoms with Gasteiger partial charge in [0.25, 0.3) is 23.6 Å². The fraction of sp³-hybridized carbons (Fsp3) is 0.481. The van der Waals surface area contributed by atoms with Crippen LogP contribution in [0.4, 0.5) is 17.1 Å². The molecule has 6 heterocycles. The first-order valence-electron chi connectivity index (χ1n) is 36.0. The van der Waals surface area contributed by atoms with Crippen LogP contribution in [-0.4, -0.2) is 245 Å². The number of fused-ring (bicyclic) bond motifs is 5. The first kappa shape index (κ1) is 79.6. The second-order valence-corrected chi connectivity index (χ2v) is 25.8. The largest absolute Gasteiger partial charge is 0.493 e. The summed E-state index contributed by atoms with van der Waals surface area (Å²) in [6.45, 7) is 12.0. The van der Waals surface area contributed by atoms with E-state index >= 15 is 0 Å². The average molecular weight is 1480 g/mol. The average Bonchev–Trinajstić information content (AvgIpc) is 1.66. The minimum Gasteiger partial charge on any atom is -0.493 e. The van der Waals surface area contributed by atoms with Crippen molar-refractivity contribution in [1.29, 1.82) is 0 Å². The van der Waals surface area contributed by atoms with Crippen molar-refractivity contribution in [3.8, 4) is 34.5 Å². The van der Waals surface area contributed by atoms with Crippen LogP contribution in [0.3, 0.4) is 0 Å². The molecule has 30 nitrogen and oxygen atoms in total. The molecule has 0 fully saturated rings. The van der Waals surface area contributed by atoms with E-state index in [1.54, 1.807) is 65.6 Å². The number of anilines is 1. The van der Waals surface area contributed by atoms with Gasteiger partial charge >= 0.3 is 0 Å². The van der Waals surface area contributed by atoms with Crippen LogP contribution in [0.15, 0.2) is 101 Å². The highest BCUT2D eigenvalue weighted by atomic mass is 16.7. The predicted molar refractivity (Wildman–Crippen MR) is 391 cm³/mol. The van der Waals surface area contributed by atoms with Gasteiger partial charge in [-0.2, -0.15) is 0 Å².